The maximum Gasteiger partial charge on any atom is 0.305 e. The third kappa shape index (κ3) is 3.49. The molecule has 0 radical (unpaired) electrons. The Morgan fingerprint density at radius 2 is 2.31 bits per heavy atom. The van der Waals surface area contributed by atoms with Gasteiger partial charge in [-0.3, -0.25) is 4.79 Å². The molecule has 0 saturated carbocycles. The fourth-order valence-corrected chi connectivity index (χ4v) is 2.00. The molecule has 2 N–H and O–H groups in total. The number of ether oxygens (including phenoxy) is 1. The van der Waals surface area contributed by atoms with Crippen LogP contribution >= 0.6 is 11.8 Å². The van der Waals surface area contributed by atoms with Crippen molar-refractivity contribution in [3.8, 4) is 0 Å². The van der Waals surface area contributed by atoms with E-state index in [4.69, 9.17) is 5.73 Å². The predicted molar refractivity (Wildman–Crippen MR) is 60.9 cm³/mol. The molecular formula is C9H16N4O2S. The third-order valence-corrected chi connectivity index (χ3v) is 3.20. The third-order valence-electron chi connectivity index (χ3n) is 2.09. The van der Waals surface area contributed by atoms with Gasteiger partial charge in [0.05, 0.1) is 13.7 Å². The number of thioether (sulfide) groups is 1. The van der Waals surface area contributed by atoms with Crippen molar-refractivity contribution in [3.63, 3.8) is 0 Å². The Kier molecular flexibility index (Phi) is 5.27. The topological polar surface area (TPSA) is 83.0 Å². The molecule has 1 heterocycles. The summed E-state index contributed by atoms with van der Waals surface area (Å²) in [5.74, 6) is 1.39. The molecule has 0 aromatic carbocycles. The average molecular weight is 244 g/mol. The summed E-state index contributed by atoms with van der Waals surface area (Å²) in [4.78, 5) is 10.9. The van der Waals surface area contributed by atoms with E-state index in [1.54, 1.807) is 11.8 Å². The van der Waals surface area contributed by atoms with Gasteiger partial charge >= 0.3 is 5.97 Å². The second-order valence-electron chi connectivity index (χ2n) is 3.19. The number of nitrogens with zero attached hydrogens (tertiary/aromatic N) is 3. The first-order valence-electron chi connectivity index (χ1n) is 4.97. The lowest BCUT2D eigenvalue weighted by Crippen LogP contribution is -2.05. The van der Waals surface area contributed by atoms with Crippen LogP contribution in [-0.2, 0) is 23.1 Å². The molecule has 90 valence electrons. The van der Waals surface area contributed by atoms with Crippen LogP contribution in [0.4, 0.5) is 0 Å². The number of carbonyl (C=O) groups excluding carboxylic acids is 1. The maximum atomic E-state index is 10.9. The van der Waals surface area contributed by atoms with Crippen molar-refractivity contribution in [2.24, 2.45) is 12.8 Å². The van der Waals surface area contributed by atoms with Gasteiger partial charge in [-0.2, -0.15) is 0 Å². The minimum atomic E-state index is -0.179. The fourth-order valence-electron chi connectivity index (χ4n) is 1.13. The summed E-state index contributed by atoms with van der Waals surface area (Å²) in [5.41, 5.74) is 5.48. The van der Waals surface area contributed by atoms with Gasteiger partial charge < -0.3 is 15.0 Å². The Bertz CT molecular complexity index is 353. The Labute approximate surface area is 98.6 Å². The number of aromatic nitrogens is 3. The zero-order valence-corrected chi connectivity index (χ0v) is 10.3. The summed E-state index contributed by atoms with van der Waals surface area (Å²) in [6.45, 7) is 0.381. The number of methoxy groups -OCH3 is 1. The highest BCUT2D eigenvalue weighted by atomic mass is 32.2. The number of hydrogen-bond donors (Lipinski definition) is 1. The van der Waals surface area contributed by atoms with Crippen LogP contribution in [0.15, 0.2) is 5.16 Å². The summed E-state index contributed by atoms with van der Waals surface area (Å²) < 4.78 is 6.41. The van der Waals surface area contributed by atoms with Crippen molar-refractivity contribution >= 4 is 17.7 Å². The van der Waals surface area contributed by atoms with Gasteiger partial charge in [0.25, 0.3) is 0 Å². The number of hydrogen-bond acceptors (Lipinski definition) is 6. The maximum absolute atomic E-state index is 10.9. The first kappa shape index (κ1) is 13.0. The van der Waals surface area contributed by atoms with Crippen molar-refractivity contribution in [3.05, 3.63) is 5.82 Å². The Morgan fingerprint density at radius 3 is 2.88 bits per heavy atom. The Balaban J connectivity index is 2.32. The molecule has 0 amide bonds. The molecule has 0 aliphatic rings. The molecule has 0 saturated heterocycles. The summed E-state index contributed by atoms with van der Waals surface area (Å²) >= 11 is 1.56. The number of rotatable bonds is 6. The van der Waals surface area contributed by atoms with Gasteiger partial charge in [0.15, 0.2) is 5.16 Å². The van der Waals surface area contributed by atoms with Crippen LogP contribution in [0.2, 0.25) is 0 Å². The van der Waals surface area contributed by atoms with E-state index in [2.05, 4.69) is 14.9 Å². The van der Waals surface area contributed by atoms with Gasteiger partial charge in [0, 0.05) is 19.2 Å². The van der Waals surface area contributed by atoms with Gasteiger partial charge in [-0.05, 0) is 6.42 Å². The monoisotopic (exact) mass is 244 g/mol. The molecule has 16 heavy (non-hydrogen) atoms. The number of nitrogens with two attached hydrogens (primary N) is 1. The van der Waals surface area contributed by atoms with Gasteiger partial charge in [-0.1, -0.05) is 11.8 Å². The average Bonchev–Trinajstić information content (AvgIpc) is 2.65. The molecule has 7 heteroatoms. The van der Waals surface area contributed by atoms with Crippen LogP contribution in [0.5, 0.6) is 0 Å². The lowest BCUT2D eigenvalue weighted by Gasteiger charge is -2.01. The molecule has 1 rings (SSSR count). The van der Waals surface area contributed by atoms with Crippen molar-refractivity contribution in [2.45, 2.75) is 24.5 Å². The van der Waals surface area contributed by atoms with Crippen LogP contribution in [0.1, 0.15) is 18.7 Å². The second-order valence-corrected chi connectivity index (χ2v) is 4.25. The predicted octanol–water partition coefficient (Wildman–Crippen LogP) is 0.319. The fraction of sp³-hybridized carbons (Fsp3) is 0.667. The highest BCUT2D eigenvalue weighted by Crippen LogP contribution is 2.16. The summed E-state index contributed by atoms with van der Waals surface area (Å²) in [5, 5.41) is 8.77. The van der Waals surface area contributed by atoms with Crippen molar-refractivity contribution in [1.82, 2.24) is 14.8 Å². The minimum absolute atomic E-state index is 0.179. The van der Waals surface area contributed by atoms with Crippen molar-refractivity contribution in [2.75, 3.05) is 12.9 Å². The van der Waals surface area contributed by atoms with E-state index in [0.29, 0.717) is 13.0 Å². The smallest absolute Gasteiger partial charge is 0.305 e. The van der Waals surface area contributed by atoms with Crippen LogP contribution in [0, 0.1) is 0 Å². The second kappa shape index (κ2) is 6.49. The Hall–Kier alpha value is -1.08. The lowest BCUT2D eigenvalue weighted by molar-refractivity contribution is -0.140. The largest absolute Gasteiger partial charge is 0.469 e. The van der Waals surface area contributed by atoms with Crippen LogP contribution in [-0.4, -0.2) is 33.6 Å². The standard InChI is InChI=1S/C9H16N4O2S/c1-13-7(6-10)11-12-9(13)16-5-3-4-8(14)15-2/h3-6,10H2,1-2H3. The number of carbonyl (C=O) groups is 1. The first-order valence-corrected chi connectivity index (χ1v) is 5.95. The molecular weight excluding hydrogens is 228 g/mol. The van der Waals surface area contributed by atoms with Gasteiger partial charge in [-0.15, -0.1) is 10.2 Å². The number of esters is 1. The zero-order chi connectivity index (χ0) is 12.0. The highest BCUT2D eigenvalue weighted by Gasteiger charge is 2.07. The van der Waals surface area contributed by atoms with Crippen LogP contribution in [0.3, 0.4) is 0 Å². The highest BCUT2D eigenvalue weighted by molar-refractivity contribution is 7.99. The molecule has 0 aliphatic carbocycles. The SMILES string of the molecule is COC(=O)CCCSc1nnc(CN)n1C. The van der Waals surface area contributed by atoms with E-state index in [-0.39, 0.29) is 5.97 Å². The van der Waals surface area contributed by atoms with Gasteiger partial charge in [0.2, 0.25) is 0 Å². The van der Waals surface area contributed by atoms with E-state index in [1.807, 2.05) is 11.6 Å². The van der Waals surface area contributed by atoms with Crippen LogP contribution < -0.4 is 5.73 Å². The normalized spacial score (nSPS) is 10.4. The molecule has 0 aliphatic heterocycles. The van der Waals surface area contributed by atoms with Gasteiger partial charge in [0.1, 0.15) is 5.82 Å². The molecule has 0 bridgehead atoms. The summed E-state index contributed by atoms with van der Waals surface area (Å²) in [6.07, 6.45) is 1.20. The first-order chi connectivity index (χ1) is 7.69. The van der Waals surface area contributed by atoms with E-state index < -0.39 is 0 Å². The van der Waals surface area contributed by atoms with E-state index >= 15 is 0 Å². The zero-order valence-electron chi connectivity index (χ0n) is 9.47. The Morgan fingerprint density at radius 1 is 1.56 bits per heavy atom. The molecule has 0 atom stereocenters. The van der Waals surface area contributed by atoms with Gasteiger partial charge in [-0.25, -0.2) is 0 Å². The summed E-state index contributed by atoms with van der Waals surface area (Å²) in [7, 11) is 3.27. The van der Waals surface area contributed by atoms with E-state index in [1.165, 1.54) is 7.11 Å². The molecule has 1 aromatic heterocycles. The minimum Gasteiger partial charge on any atom is -0.469 e. The quantitative estimate of drug-likeness (QED) is 0.441. The van der Waals surface area contributed by atoms with Crippen molar-refractivity contribution < 1.29 is 9.53 Å². The molecule has 0 fully saturated rings. The lowest BCUT2D eigenvalue weighted by atomic mass is 10.3. The molecule has 1 aromatic rings. The van der Waals surface area contributed by atoms with E-state index in [0.717, 1.165) is 23.2 Å². The summed E-state index contributed by atoms with van der Waals surface area (Å²) in [6, 6.07) is 0. The van der Waals surface area contributed by atoms with Crippen molar-refractivity contribution in [1.29, 1.82) is 0 Å². The molecule has 0 spiro atoms. The molecule has 6 nitrogen and oxygen atoms in total. The van der Waals surface area contributed by atoms with Crippen LogP contribution in [0.25, 0.3) is 0 Å². The molecule has 0 unspecified atom stereocenters. The van der Waals surface area contributed by atoms with E-state index in [9.17, 15) is 4.79 Å².